The topological polar surface area (TPSA) is 194 Å². The fourth-order valence-electron chi connectivity index (χ4n) is 4.02. The highest BCUT2D eigenvalue weighted by Crippen LogP contribution is 2.24. The van der Waals surface area contributed by atoms with Gasteiger partial charge in [0.2, 0.25) is 0 Å². The van der Waals surface area contributed by atoms with E-state index in [1.807, 2.05) is 6.92 Å². The summed E-state index contributed by atoms with van der Waals surface area (Å²) in [6.07, 6.45) is 2.28. The van der Waals surface area contributed by atoms with Gasteiger partial charge in [0.1, 0.15) is 11.3 Å². The molecular formula is C26H27N9O4. The second-order valence-electron chi connectivity index (χ2n) is 8.50. The molecular weight excluding hydrogens is 502 g/mol. The standard InChI is InChI=1S/C26H27N9O4/c1-2-39-19-11-9-16(10-12-19)23-31-20(22(27)36)21-24(33-23)35(26(38)32-21)18-8-6-7-17(15-18)25(37)29-13-4-3-5-14-30-34-28/h6-12,15H,2-5,13-14H2,1H3,(H2,27,36)(H,29,37)(H,32,38). The molecule has 4 aromatic rings. The van der Waals surface area contributed by atoms with Gasteiger partial charge in [-0.15, -0.1) is 0 Å². The Labute approximate surface area is 222 Å². The van der Waals surface area contributed by atoms with Crippen molar-refractivity contribution in [3.8, 4) is 22.8 Å². The summed E-state index contributed by atoms with van der Waals surface area (Å²) >= 11 is 0. The van der Waals surface area contributed by atoms with E-state index in [2.05, 4.69) is 30.3 Å². The molecule has 2 heterocycles. The third-order valence-electron chi connectivity index (χ3n) is 5.84. The van der Waals surface area contributed by atoms with Gasteiger partial charge in [-0.1, -0.05) is 17.6 Å². The van der Waals surface area contributed by atoms with Crippen molar-refractivity contribution in [1.29, 1.82) is 0 Å². The number of amides is 2. The number of rotatable bonds is 12. The average Bonchev–Trinajstić information content (AvgIpc) is 3.28. The van der Waals surface area contributed by atoms with E-state index >= 15 is 0 Å². The van der Waals surface area contributed by atoms with E-state index in [0.29, 0.717) is 42.3 Å². The van der Waals surface area contributed by atoms with Crippen LogP contribution in [0.1, 0.15) is 47.0 Å². The first-order valence-corrected chi connectivity index (χ1v) is 12.4. The molecule has 13 nitrogen and oxygen atoms in total. The van der Waals surface area contributed by atoms with Gasteiger partial charge in [-0.3, -0.25) is 9.59 Å². The van der Waals surface area contributed by atoms with Crippen LogP contribution in [-0.2, 0) is 0 Å². The van der Waals surface area contributed by atoms with Crippen LogP contribution in [0.2, 0.25) is 0 Å². The Morgan fingerprint density at radius 3 is 2.67 bits per heavy atom. The van der Waals surface area contributed by atoms with Crippen LogP contribution in [0.5, 0.6) is 5.75 Å². The van der Waals surface area contributed by atoms with Gasteiger partial charge in [0.25, 0.3) is 11.8 Å². The van der Waals surface area contributed by atoms with Gasteiger partial charge < -0.3 is 20.8 Å². The number of H-pyrrole nitrogens is 1. The molecule has 2 amide bonds. The summed E-state index contributed by atoms with van der Waals surface area (Å²) < 4.78 is 6.75. The highest BCUT2D eigenvalue weighted by atomic mass is 16.5. The first-order valence-electron chi connectivity index (χ1n) is 12.4. The number of benzene rings is 2. The number of nitrogens with zero attached hydrogens (tertiary/aromatic N) is 6. The molecule has 0 saturated heterocycles. The third kappa shape index (κ3) is 6.22. The number of hydrogen-bond acceptors (Lipinski definition) is 7. The van der Waals surface area contributed by atoms with Crippen molar-refractivity contribution in [1.82, 2.24) is 24.8 Å². The van der Waals surface area contributed by atoms with E-state index in [-0.39, 0.29) is 28.6 Å². The van der Waals surface area contributed by atoms with Crippen molar-refractivity contribution in [2.45, 2.75) is 26.2 Å². The summed E-state index contributed by atoms with van der Waals surface area (Å²) in [6, 6.07) is 13.5. The van der Waals surface area contributed by atoms with Crippen LogP contribution >= 0.6 is 0 Å². The minimum absolute atomic E-state index is 0.0952. The van der Waals surface area contributed by atoms with Gasteiger partial charge in [-0.25, -0.2) is 19.3 Å². The van der Waals surface area contributed by atoms with Crippen LogP contribution in [0.4, 0.5) is 0 Å². The maximum Gasteiger partial charge on any atom is 0.332 e. The molecule has 0 bridgehead atoms. The molecule has 2 aromatic carbocycles. The van der Waals surface area contributed by atoms with Gasteiger partial charge in [0.15, 0.2) is 17.2 Å². The lowest BCUT2D eigenvalue weighted by Crippen LogP contribution is -2.25. The first-order chi connectivity index (χ1) is 18.9. The molecule has 13 heteroatoms. The van der Waals surface area contributed by atoms with Crippen LogP contribution in [0.3, 0.4) is 0 Å². The number of ether oxygens (including phenoxy) is 1. The zero-order valence-electron chi connectivity index (χ0n) is 21.3. The Kier molecular flexibility index (Phi) is 8.54. The molecule has 0 fully saturated rings. The van der Waals surface area contributed by atoms with Crippen LogP contribution in [-0.4, -0.2) is 51.0 Å². The Bertz CT molecular complexity index is 1600. The largest absolute Gasteiger partial charge is 0.494 e. The Morgan fingerprint density at radius 2 is 1.95 bits per heavy atom. The summed E-state index contributed by atoms with van der Waals surface area (Å²) in [7, 11) is 0. The molecule has 200 valence electrons. The zero-order chi connectivity index (χ0) is 27.8. The van der Waals surface area contributed by atoms with Gasteiger partial charge in [0.05, 0.1) is 12.3 Å². The Morgan fingerprint density at radius 1 is 1.15 bits per heavy atom. The molecule has 0 saturated carbocycles. The normalized spacial score (nSPS) is 10.7. The monoisotopic (exact) mass is 529 g/mol. The van der Waals surface area contributed by atoms with E-state index in [4.69, 9.17) is 16.0 Å². The number of imidazole rings is 1. The van der Waals surface area contributed by atoms with Gasteiger partial charge in [0, 0.05) is 29.1 Å². The number of unbranched alkanes of at least 4 members (excludes halogenated alkanes) is 2. The number of fused-ring (bicyclic) bond motifs is 1. The molecule has 0 aliphatic carbocycles. The predicted octanol–water partition coefficient (Wildman–Crippen LogP) is 3.48. The Balaban J connectivity index is 1.65. The van der Waals surface area contributed by atoms with Crippen LogP contribution in [0.25, 0.3) is 38.7 Å². The first kappa shape index (κ1) is 26.9. The van der Waals surface area contributed by atoms with E-state index in [9.17, 15) is 14.4 Å². The fraction of sp³-hybridized carbons (Fsp3) is 0.269. The molecule has 0 aliphatic rings. The van der Waals surface area contributed by atoms with E-state index in [1.165, 1.54) is 4.57 Å². The van der Waals surface area contributed by atoms with Crippen LogP contribution in [0.15, 0.2) is 58.4 Å². The quantitative estimate of drug-likeness (QED) is 0.109. The number of nitrogens with two attached hydrogens (primary N) is 1. The molecule has 0 aliphatic heterocycles. The SMILES string of the molecule is CCOc1ccc(-c2nc(C(N)=O)c3[nH]c(=O)n(-c4cccc(C(=O)NCCCCCN=[N+]=[N-])c4)c3n2)cc1. The highest BCUT2D eigenvalue weighted by molar-refractivity contribution is 6.02. The molecule has 2 aromatic heterocycles. The molecule has 39 heavy (non-hydrogen) atoms. The van der Waals surface area contributed by atoms with E-state index in [0.717, 1.165) is 19.3 Å². The smallest absolute Gasteiger partial charge is 0.332 e. The molecule has 0 unspecified atom stereocenters. The molecule has 4 rings (SSSR count). The minimum atomic E-state index is -0.824. The lowest BCUT2D eigenvalue weighted by atomic mass is 10.1. The number of aromatic nitrogens is 4. The lowest BCUT2D eigenvalue weighted by molar-refractivity contribution is 0.0951. The number of carbonyl (C=O) groups is 2. The van der Waals surface area contributed by atoms with E-state index < -0.39 is 11.6 Å². The summed E-state index contributed by atoms with van der Waals surface area (Å²) in [5.74, 6) is -0.265. The van der Waals surface area contributed by atoms with Gasteiger partial charge in [-0.05, 0) is 67.8 Å². The summed E-state index contributed by atoms with van der Waals surface area (Å²) in [5, 5.41) is 6.33. The number of hydrogen-bond donors (Lipinski definition) is 3. The van der Waals surface area contributed by atoms with Crippen molar-refractivity contribution in [2.75, 3.05) is 19.7 Å². The Hall–Kier alpha value is -5.16. The maximum atomic E-state index is 13.0. The number of aromatic amines is 1. The number of carbonyl (C=O) groups excluding carboxylic acids is 2. The number of nitrogens with one attached hydrogen (secondary N) is 2. The van der Waals surface area contributed by atoms with Gasteiger partial charge >= 0.3 is 5.69 Å². The molecule has 0 radical (unpaired) electrons. The molecule has 4 N–H and O–H groups in total. The van der Waals surface area contributed by atoms with Crippen molar-refractivity contribution in [2.24, 2.45) is 10.8 Å². The second kappa shape index (κ2) is 12.4. The van der Waals surface area contributed by atoms with Crippen molar-refractivity contribution in [3.63, 3.8) is 0 Å². The predicted molar refractivity (Wildman–Crippen MR) is 145 cm³/mol. The minimum Gasteiger partial charge on any atom is -0.494 e. The molecule has 0 atom stereocenters. The van der Waals surface area contributed by atoms with E-state index in [1.54, 1.807) is 48.5 Å². The second-order valence-corrected chi connectivity index (χ2v) is 8.50. The number of primary amides is 1. The third-order valence-corrected chi connectivity index (χ3v) is 5.84. The fourth-order valence-corrected chi connectivity index (χ4v) is 4.02. The summed E-state index contributed by atoms with van der Waals surface area (Å²) in [4.78, 5) is 52.2. The van der Waals surface area contributed by atoms with Crippen molar-refractivity contribution < 1.29 is 14.3 Å². The highest BCUT2D eigenvalue weighted by Gasteiger charge is 2.21. The van der Waals surface area contributed by atoms with Crippen molar-refractivity contribution in [3.05, 3.63) is 80.7 Å². The van der Waals surface area contributed by atoms with Crippen molar-refractivity contribution >= 4 is 23.0 Å². The van der Waals surface area contributed by atoms with Gasteiger partial charge in [-0.2, -0.15) is 0 Å². The maximum absolute atomic E-state index is 13.0. The van der Waals surface area contributed by atoms with Crippen LogP contribution < -0.4 is 21.5 Å². The molecule has 0 spiro atoms. The van der Waals surface area contributed by atoms with Crippen LogP contribution in [0, 0.1) is 0 Å². The average molecular weight is 530 g/mol. The summed E-state index contributed by atoms with van der Waals surface area (Å²) in [6.45, 7) is 3.27. The number of azide groups is 1. The zero-order valence-corrected chi connectivity index (χ0v) is 21.3. The lowest BCUT2D eigenvalue weighted by Gasteiger charge is -2.09. The summed E-state index contributed by atoms with van der Waals surface area (Å²) in [5.41, 5.74) is 14.8.